The molecule has 0 aromatic heterocycles. The van der Waals surface area contributed by atoms with Crippen LogP contribution in [-0.4, -0.2) is 18.0 Å². The van der Waals surface area contributed by atoms with Gasteiger partial charge in [-0.05, 0) is 49.4 Å². The Labute approximate surface area is 122 Å². The van der Waals surface area contributed by atoms with E-state index < -0.39 is 0 Å². The Morgan fingerprint density at radius 2 is 1.40 bits per heavy atom. The second kappa shape index (κ2) is 5.80. The predicted molar refractivity (Wildman–Crippen MR) is 84.4 cm³/mol. The molecular formula is C19H22N. The molecule has 1 radical (unpaired) electrons. The van der Waals surface area contributed by atoms with Gasteiger partial charge in [-0.2, -0.15) is 0 Å². The Balaban J connectivity index is 1.62. The molecule has 0 atom stereocenters. The monoisotopic (exact) mass is 264 g/mol. The van der Waals surface area contributed by atoms with Gasteiger partial charge in [0.25, 0.3) is 0 Å². The van der Waals surface area contributed by atoms with Crippen molar-refractivity contribution in [2.45, 2.75) is 24.8 Å². The van der Waals surface area contributed by atoms with Crippen LogP contribution in [0.2, 0.25) is 0 Å². The summed E-state index contributed by atoms with van der Waals surface area (Å²) in [7, 11) is 0. The quantitative estimate of drug-likeness (QED) is 0.808. The third kappa shape index (κ3) is 2.94. The van der Waals surface area contributed by atoms with E-state index in [4.69, 9.17) is 0 Å². The van der Waals surface area contributed by atoms with E-state index in [1.54, 1.807) is 0 Å². The van der Waals surface area contributed by atoms with Crippen LogP contribution in [-0.2, 0) is 12.0 Å². The summed E-state index contributed by atoms with van der Waals surface area (Å²) in [5.74, 6) is 0. The maximum absolute atomic E-state index is 4.51. The second-order valence-corrected chi connectivity index (χ2v) is 5.91. The molecule has 0 amide bonds. The topological polar surface area (TPSA) is 3.24 Å². The Kier molecular flexibility index (Phi) is 3.88. The highest BCUT2D eigenvalue weighted by atomic mass is 15.1. The van der Waals surface area contributed by atoms with Crippen molar-refractivity contribution in [1.29, 1.82) is 0 Å². The molecule has 0 saturated carbocycles. The molecule has 1 aliphatic heterocycles. The molecule has 20 heavy (non-hydrogen) atoms. The van der Waals surface area contributed by atoms with Crippen LogP contribution in [0.4, 0.5) is 0 Å². The molecule has 1 fully saturated rings. The molecule has 1 heteroatoms. The van der Waals surface area contributed by atoms with Crippen molar-refractivity contribution in [3.05, 3.63) is 78.7 Å². The molecule has 2 aromatic carbocycles. The Morgan fingerprint density at radius 1 is 0.850 bits per heavy atom. The highest BCUT2D eigenvalue weighted by Crippen LogP contribution is 2.34. The fourth-order valence-electron chi connectivity index (χ4n) is 3.06. The SMILES string of the molecule is [CH2]C1(c2ccccc2)CCN(Cc2ccccc2)CC1. The molecular weight excluding hydrogens is 242 g/mol. The van der Waals surface area contributed by atoms with Crippen molar-refractivity contribution in [3.8, 4) is 0 Å². The number of hydrogen-bond acceptors (Lipinski definition) is 1. The van der Waals surface area contributed by atoms with Crippen LogP contribution in [0.5, 0.6) is 0 Å². The molecule has 0 aliphatic carbocycles. The minimum Gasteiger partial charge on any atom is -0.299 e. The lowest BCUT2D eigenvalue weighted by molar-refractivity contribution is 0.174. The second-order valence-electron chi connectivity index (χ2n) is 5.91. The molecule has 2 aromatic rings. The molecule has 1 aliphatic rings. The number of likely N-dealkylation sites (tertiary alicyclic amines) is 1. The first-order valence-corrected chi connectivity index (χ1v) is 7.43. The lowest BCUT2D eigenvalue weighted by atomic mass is 9.74. The van der Waals surface area contributed by atoms with Gasteiger partial charge in [-0.15, -0.1) is 0 Å². The average Bonchev–Trinajstić information content (AvgIpc) is 2.52. The summed E-state index contributed by atoms with van der Waals surface area (Å²) < 4.78 is 0. The van der Waals surface area contributed by atoms with Crippen molar-refractivity contribution >= 4 is 0 Å². The molecule has 103 valence electrons. The third-order valence-electron chi connectivity index (χ3n) is 4.45. The first kappa shape index (κ1) is 13.4. The summed E-state index contributed by atoms with van der Waals surface area (Å²) in [5, 5.41) is 0. The maximum Gasteiger partial charge on any atom is 0.0233 e. The molecule has 3 rings (SSSR count). The van der Waals surface area contributed by atoms with Gasteiger partial charge in [0.15, 0.2) is 0 Å². The van der Waals surface area contributed by atoms with Crippen molar-refractivity contribution in [2.75, 3.05) is 13.1 Å². The zero-order chi connectivity index (χ0) is 13.8. The van der Waals surface area contributed by atoms with E-state index >= 15 is 0 Å². The number of piperidine rings is 1. The van der Waals surface area contributed by atoms with Gasteiger partial charge in [0.1, 0.15) is 0 Å². The van der Waals surface area contributed by atoms with E-state index in [1.807, 2.05) is 0 Å². The maximum atomic E-state index is 4.51. The number of nitrogens with zero attached hydrogens (tertiary/aromatic N) is 1. The summed E-state index contributed by atoms with van der Waals surface area (Å²) in [6.45, 7) is 7.84. The van der Waals surface area contributed by atoms with Gasteiger partial charge in [0.2, 0.25) is 0 Å². The van der Waals surface area contributed by atoms with Gasteiger partial charge < -0.3 is 0 Å². The number of hydrogen-bond donors (Lipinski definition) is 0. The van der Waals surface area contributed by atoms with Crippen LogP contribution in [0, 0.1) is 6.92 Å². The van der Waals surface area contributed by atoms with Crippen LogP contribution >= 0.6 is 0 Å². The van der Waals surface area contributed by atoms with E-state index in [0.29, 0.717) is 0 Å². The Hall–Kier alpha value is -1.60. The van der Waals surface area contributed by atoms with Gasteiger partial charge in [0, 0.05) is 6.54 Å². The largest absolute Gasteiger partial charge is 0.299 e. The fourth-order valence-corrected chi connectivity index (χ4v) is 3.06. The normalized spacial score (nSPS) is 18.9. The first-order chi connectivity index (χ1) is 9.76. The summed E-state index contributed by atoms with van der Waals surface area (Å²) in [6, 6.07) is 21.5. The smallest absolute Gasteiger partial charge is 0.0233 e. The van der Waals surface area contributed by atoms with E-state index in [2.05, 4.69) is 72.5 Å². The molecule has 0 bridgehead atoms. The highest BCUT2D eigenvalue weighted by Gasteiger charge is 2.31. The summed E-state index contributed by atoms with van der Waals surface area (Å²) in [5.41, 5.74) is 2.90. The Morgan fingerprint density at radius 3 is 2.00 bits per heavy atom. The van der Waals surface area contributed by atoms with Crippen molar-refractivity contribution in [2.24, 2.45) is 0 Å². The van der Waals surface area contributed by atoms with Crippen molar-refractivity contribution in [3.63, 3.8) is 0 Å². The van der Waals surface area contributed by atoms with Crippen LogP contribution < -0.4 is 0 Å². The summed E-state index contributed by atoms with van der Waals surface area (Å²) >= 11 is 0. The summed E-state index contributed by atoms with van der Waals surface area (Å²) in [6.07, 6.45) is 2.29. The lowest BCUT2D eigenvalue weighted by Crippen LogP contribution is -2.40. The van der Waals surface area contributed by atoms with Gasteiger partial charge in [-0.1, -0.05) is 60.7 Å². The fraction of sp³-hybridized carbons (Fsp3) is 0.316. The molecule has 1 saturated heterocycles. The standard InChI is InChI=1S/C19H22N/c1-19(18-10-6-3-7-11-18)12-14-20(15-13-19)16-17-8-4-2-5-9-17/h2-11H,1,12-16H2. The molecule has 1 nitrogen and oxygen atoms in total. The first-order valence-electron chi connectivity index (χ1n) is 7.43. The predicted octanol–water partition coefficient (Wildman–Crippen LogP) is 4.05. The molecule has 0 unspecified atom stereocenters. The van der Waals surface area contributed by atoms with Gasteiger partial charge in [-0.25, -0.2) is 0 Å². The van der Waals surface area contributed by atoms with Crippen LogP contribution in [0.15, 0.2) is 60.7 Å². The van der Waals surface area contributed by atoms with Crippen molar-refractivity contribution in [1.82, 2.24) is 4.90 Å². The van der Waals surface area contributed by atoms with Crippen molar-refractivity contribution < 1.29 is 0 Å². The molecule has 0 N–H and O–H groups in total. The minimum atomic E-state index is 0.106. The molecule has 0 spiro atoms. The van der Waals surface area contributed by atoms with E-state index in [-0.39, 0.29) is 5.41 Å². The summed E-state index contributed by atoms with van der Waals surface area (Å²) in [4.78, 5) is 2.54. The van der Waals surface area contributed by atoms with E-state index in [1.165, 1.54) is 11.1 Å². The van der Waals surface area contributed by atoms with Crippen LogP contribution in [0.1, 0.15) is 24.0 Å². The molecule has 1 heterocycles. The van der Waals surface area contributed by atoms with Crippen LogP contribution in [0.3, 0.4) is 0 Å². The van der Waals surface area contributed by atoms with Gasteiger partial charge in [-0.3, -0.25) is 4.90 Å². The average molecular weight is 264 g/mol. The highest BCUT2D eigenvalue weighted by molar-refractivity contribution is 5.27. The minimum absolute atomic E-state index is 0.106. The Bertz CT molecular complexity index is 524. The van der Waals surface area contributed by atoms with Gasteiger partial charge >= 0.3 is 0 Å². The number of rotatable bonds is 3. The number of benzene rings is 2. The zero-order valence-electron chi connectivity index (χ0n) is 12.0. The zero-order valence-corrected chi connectivity index (χ0v) is 12.0. The lowest BCUT2D eigenvalue weighted by Gasteiger charge is -2.39. The third-order valence-corrected chi connectivity index (χ3v) is 4.45. The van der Waals surface area contributed by atoms with Gasteiger partial charge in [0.05, 0.1) is 0 Å². The van der Waals surface area contributed by atoms with Crippen LogP contribution in [0.25, 0.3) is 0 Å². The van der Waals surface area contributed by atoms with E-state index in [0.717, 1.165) is 32.5 Å². The van der Waals surface area contributed by atoms with E-state index in [9.17, 15) is 0 Å².